The van der Waals surface area contributed by atoms with Gasteiger partial charge in [-0.3, -0.25) is 4.79 Å². The number of hydrazone groups is 1. The first-order valence-electron chi connectivity index (χ1n) is 16.6. The van der Waals surface area contributed by atoms with Crippen molar-refractivity contribution in [2.45, 2.75) is 90.2 Å². The number of ether oxygens (including phenoxy) is 1. The number of allylic oxidation sites excluding steroid dienone is 4. The van der Waals surface area contributed by atoms with Gasteiger partial charge in [0.2, 0.25) is 5.96 Å². The molecule has 1 aromatic rings. The van der Waals surface area contributed by atoms with E-state index in [1.807, 2.05) is 30.3 Å². The Labute approximate surface area is 264 Å². The molecule has 4 N–H and O–H groups in total. The van der Waals surface area contributed by atoms with E-state index in [2.05, 4.69) is 39.2 Å². The number of carbonyl (C=O) groups excluding carboxylic acids is 2. The van der Waals surface area contributed by atoms with Crippen molar-refractivity contribution in [1.29, 1.82) is 0 Å². The first-order valence-corrected chi connectivity index (χ1v) is 16.6. The van der Waals surface area contributed by atoms with E-state index in [1.165, 1.54) is 11.1 Å². The van der Waals surface area contributed by atoms with Crippen molar-refractivity contribution in [2.24, 2.45) is 33.3 Å². The van der Waals surface area contributed by atoms with Crippen LogP contribution in [-0.2, 0) is 20.9 Å². The maximum absolute atomic E-state index is 13.2. The van der Waals surface area contributed by atoms with E-state index < -0.39 is 18.1 Å². The molecule has 240 valence electrons. The number of carbonyl (C=O) groups is 3. The summed E-state index contributed by atoms with van der Waals surface area (Å²) in [7, 11) is 0. The van der Waals surface area contributed by atoms with Crippen LogP contribution in [0.2, 0.25) is 0 Å². The fraction of sp³-hybridized carbons (Fsp3) is 0.571. The number of fused-ring (bicyclic) bond motifs is 4. The van der Waals surface area contributed by atoms with Crippen molar-refractivity contribution >= 4 is 29.5 Å². The number of hydrogen-bond acceptors (Lipinski definition) is 8. The van der Waals surface area contributed by atoms with Gasteiger partial charge < -0.3 is 20.5 Å². The Kier molecular flexibility index (Phi) is 9.37. The van der Waals surface area contributed by atoms with Crippen LogP contribution in [0.4, 0.5) is 4.79 Å². The molecule has 1 heterocycles. The van der Waals surface area contributed by atoms with Gasteiger partial charge >= 0.3 is 12.1 Å². The van der Waals surface area contributed by atoms with E-state index in [0.717, 1.165) is 81.7 Å². The molecule has 2 saturated carbocycles. The lowest BCUT2D eigenvalue weighted by Crippen LogP contribution is -2.44. The molecule has 0 spiro atoms. The summed E-state index contributed by atoms with van der Waals surface area (Å²) < 4.78 is 5.25. The molecule has 6 rings (SSSR count). The average molecular weight is 616 g/mol. The minimum Gasteiger partial charge on any atom is -0.480 e. The number of aliphatic carboxylic acids is 1. The summed E-state index contributed by atoms with van der Waals surface area (Å²) in [6, 6.07) is 8.29. The number of carboxylic acid groups (broad SMARTS) is 1. The minimum absolute atomic E-state index is 0.0879. The maximum Gasteiger partial charge on any atom is 0.408 e. The Morgan fingerprint density at radius 3 is 2.78 bits per heavy atom. The largest absolute Gasteiger partial charge is 0.480 e. The molecule has 2 fully saturated rings. The van der Waals surface area contributed by atoms with Gasteiger partial charge in [-0.1, -0.05) is 55.7 Å². The van der Waals surface area contributed by atoms with Gasteiger partial charge in [-0.2, -0.15) is 5.10 Å². The third-order valence-corrected chi connectivity index (χ3v) is 10.6. The zero-order valence-corrected chi connectivity index (χ0v) is 26.1. The lowest BCUT2D eigenvalue weighted by molar-refractivity contribution is -0.139. The fourth-order valence-electron chi connectivity index (χ4n) is 8.46. The Balaban J connectivity index is 1.11. The van der Waals surface area contributed by atoms with Gasteiger partial charge in [-0.15, -0.1) is 0 Å². The SMILES string of the molecule is C[C@]12C[C@H](CCCCC(NC(=O)OCc3ccccc3)C(=O)O)C3=C4CC/C(=N/NC5=NCCN5)C=C4CCC3C1CCC2=O. The van der Waals surface area contributed by atoms with Crippen LogP contribution in [0.25, 0.3) is 0 Å². The average Bonchev–Trinajstić information content (AvgIpc) is 3.67. The molecular formula is C35H45N5O5. The number of carboxylic acids is 1. The van der Waals surface area contributed by atoms with Crippen LogP contribution in [0.1, 0.15) is 83.1 Å². The summed E-state index contributed by atoms with van der Waals surface area (Å²) in [5.41, 5.74) is 9.14. The van der Waals surface area contributed by atoms with Crippen LogP contribution < -0.4 is 16.1 Å². The molecule has 0 saturated heterocycles. The molecule has 4 aliphatic carbocycles. The van der Waals surface area contributed by atoms with Crippen LogP contribution in [-0.4, -0.2) is 53.8 Å². The first-order chi connectivity index (χ1) is 21.8. The Hall–Kier alpha value is -3.95. The fourth-order valence-corrected chi connectivity index (χ4v) is 8.46. The van der Waals surface area contributed by atoms with Gasteiger partial charge in [0, 0.05) is 18.4 Å². The van der Waals surface area contributed by atoms with Crippen LogP contribution >= 0.6 is 0 Å². The molecule has 3 unspecified atom stereocenters. The topological polar surface area (TPSA) is 141 Å². The van der Waals surface area contributed by atoms with Gasteiger partial charge in [-0.05, 0) is 91.9 Å². The summed E-state index contributed by atoms with van der Waals surface area (Å²) in [5.74, 6) is 1.24. The number of nitrogens with one attached hydrogen (secondary N) is 3. The summed E-state index contributed by atoms with van der Waals surface area (Å²) in [5, 5.41) is 20.1. The predicted octanol–water partition coefficient (Wildman–Crippen LogP) is 5.26. The molecular weight excluding hydrogens is 570 g/mol. The highest BCUT2D eigenvalue weighted by molar-refractivity contribution is 5.98. The molecule has 45 heavy (non-hydrogen) atoms. The zero-order valence-electron chi connectivity index (χ0n) is 26.1. The number of benzene rings is 1. The van der Waals surface area contributed by atoms with E-state index in [1.54, 1.807) is 5.57 Å². The second-order valence-electron chi connectivity index (χ2n) is 13.4. The predicted molar refractivity (Wildman–Crippen MR) is 172 cm³/mol. The van der Waals surface area contributed by atoms with E-state index in [4.69, 9.17) is 4.74 Å². The van der Waals surface area contributed by atoms with Crippen molar-refractivity contribution < 1.29 is 24.2 Å². The number of rotatable bonds is 10. The second-order valence-corrected chi connectivity index (χ2v) is 13.4. The summed E-state index contributed by atoms with van der Waals surface area (Å²) in [6.45, 7) is 3.90. The van der Waals surface area contributed by atoms with Crippen molar-refractivity contribution in [2.75, 3.05) is 13.1 Å². The van der Waals surface area contributed by atoms with Crippen molar-refractivity contribution in [3.63, 3.8) is 0 Å². The molecule has 0 bridgehead atoms. The molecule has 5 aliphatic rings. The molecule has 1 aromatic carbocycles. The van der Waals surface area contributed by atoms with Crippen molar-refractivity contribution in [3.05, 3.63) is 58.7 Å². The number of Topliss-reactive ketones (excluding diaryl/α,β-unsaturated/α-hetero) is 1. The van der Waals surface area contributed by atoms with Crippen LogP contribution in [0.5, 0.6) is 0 Å². The van der Waals surface area contributed by atoms with E-state index in [9.17, 15) is 19.5 Å². The molecule has 0 aromatic heterocycles. The van der Waals surface area contributed by atoms with Gasteiger partial charge in [0.25, 0.3) is 0 Å². The van der Waals surface area contributed by atoms with E-state index in [0.29, 0.717) is 42.8 Å². The minimum atomic E-state index is -1.06. The summed E-state index contributed by atoms with van der Waals surface area (Å²) in [6.07, 6.45) is 10.7. The highest BCUT2D eigenvalue weighted by Gasteiger charge is 2.56. The smallest absolute Gasteiger partial charge is 0.408 e. The quantitative estimate of drug-likeness (QED) is 0.208. The number of nitrogens with zero attached hydrogens (tertiary/aromatic N) is 2. The van der Waals surface area contributed by atoms with Gasteiger partial charge in [0.05, 0.1) is 12.3 Å². The summed E-state index contributed by atoms with van der Waals surface area (Å²) in [4.78, 5) is 41.9. The van der Waals surface area contributed by atoms with Crippen molar-refractivity contribution in [3.8, 4) is 0 Å². The number of amides is 1. The van der Waals surface area contributed by atoms with Crippen LogP contribution in [0.15, 0.2) is 63.2 Å². The van der Waals surface area contributed by atoms with Gasteiger partial charge in [-0.25, -0.2) is 20.0 Å². The van der Waals surface area contributed by atoms with E-state index in [-0.39, 0.29) is 12.0 Å². The third kappa shape index (κ3) is 6.84. The monoisotopic (exact) mass is 615 g/mol. The Morgan fingerprint density at radius 1 is 1.16 bits per heavy atom. The normalized spacial score (nSPS) is 28.7. The highest BCUT2D eigenvalue weighted by atomic mass is 16.5. The summed E-state index contributed by atoms with van der Waals surface area (Å²) >= 11 is 0. The number of aliphatic imine (C=N–C) groups is 1. The molecule has 10 heteroatoms. The number of hydrogen-bond donors (Lipinski definition) is 4. The van der Waals surface area contributed by atoms with Crippen molar-refractivity contribution in [1.82, 2.24) is 16.1 Å². The second kappa shape index (κ2) is 13.6. The van der Waals surface area contributed by atoms with Crippen LogP contribution in [0.3, 0.4) is 0 Å². The third-order valence-electron chi connectivity index (χ3n) is 10.6. The Morgan fingerprint density at radius 2 is 2.00 bits per heavy atom. The number of alkyl carbamates (subject to hydrolysis) is 1. The number of guanidine groups is 1. The molecule has 5 atom stereocenters. The van der Waals surface area contributed by atoms with Gasteiger partial charge in [0.1, 0.15) is 18.4 Å². The standard InChI is InChI=1S/C35H45N5O5/c1-35-20-24(9-5-6-10-29(32(42)43)38-34(44)45-21-22-7-3-2-4-8-22)31-26-14-12-25(39-40-33-36-17-18-37-33)19-23(26)11-13-27(31)28(35)15-16-30(35)41/h2-4,7-8,19,24,27-29H,5-6,9-18,20-21H2,1H3,(H,38,44)(H,42,43)(H2,36,37,40)/b39-25-/t24-,27?,28?,29?,35-/m0/s1. The molecule has 1 aliphatic heterocycles. The molecule has 0 radical (unpaired) electrons. The maximum atomic E-state index is 13.2. The number of unbranched alkanes of at least 4 members (excludes halogenated alkanes) is 1. The first kappa shape index (κ1) is 31.0. The van der Waals surface area contributed by atoms with E-state index >= 15 is 0 Å². The Bertz CT molecular complexity index is 1430. The zero-order chi connectivity index (χ0) is 31.4. The lowest BCUT2D eigenvalue weighted by atomic mass is 9.53. The molecule has 1 amide bonds. The molecule has 10 nitrogen and oxygen atoms in total. The number of ketones is 1. The van der Waals surface area contributed by atoms with Crippen LogP contribution in [0, 0.1) is 23.2 Å². The lowest BCUT2D eigenvalue weighted by Gasteiger charge is -2.50. The highest BCUT2D eigenvalue weighted by Crippen LogP contribution is 2.61. The van der Waals surface area contributed by atoms with Gasteiger partial charge in [0.15, 0.2) is 0 Å².